The molecule has 0 aliphatic rings. The van der Waals surface area contributed by atoms with Crippen molar-refractivity contribution in [3.05, 3.63) is 89.9 Å². The zero-order valence-corrected chi connectivity index (χ0v) is 15.9. The van der Waals surface area contributed by atoms with Gasteiger partial charge in [-0.3, -0.25) is 4.79 Å². The third kappa shape index (κ3) is 4.13. The molecule has 138 valence electrons. The van der Waals surface area contributed by atoms with Gasteiger partial charge in [0.2, 0.25) is 0 Å². The topological polar surface area (TPSA) is 67.5 Å². The molecular weight excluding hydrogens is 370 g/mol. The second-order valence-electron chi connectivity index (χ2n) is 6.17. The number of carbonyl (C=O) groups excluding carboxylic acids is 1. The molecule has 2 heterocycles. The standard InChI is InChI=1S/C22H17N3O2S/c1-15-8-10-18(11-9-15)28-22-17(13-16-5-2-3-6-19(16)24-22)14-23-25-21(26)20-7-4-12-27-20/h2-14H,1H3,(H,25,26)/b23-14+. The van der Waals surface area contributed by atoms with Gasteiger partial charge in [0.15, 0.2) is 5.76 Å². The van der Waals surface area contributed by atoms with Crippen LogP contribution in [0.25, 0.3) is 10.9 Å². The maximum Gasteiger partial charge on any atom is 0.307 e. The highest BCUT2D eigenvalue weighted by atomic mass is 32.2. The van der Waals surface area contributed by atoms with Gasteiger partial charge in [0.1, 0.15) is 5.03 Å². The first-order valence-electron chi connectivity index (χ1n) is 8.70. The van der Waals surface area contributed by atoms with E-state index in [1.165, 1.54) is 11.8 Å². The summed E-state index contributed by atoms with van der Waals surface area (Å²) in [7, 11) is 0. The molecule has 0 aliphatic heterocycles. The Balaban J connectivity index is 1.63. The van der Waals surface area contributed by atoms with Gasteiger partial charge in [0.05, 0.1) is 18.0 Å². The average Bonchev–Trinajstić information content (AvgIpc) is 3.25. The van der Waals surface area contributed by atoms with Gasteiger partial charge >= 0.3 is 5.91 Å². The van der Waals surface area contributed by atoms with Crippen LogP contribution in [0.5, 0.6) is 0 Å². The molecule has 1 N–H and O–H groups in total. The number of hydrogen-bond donors (Lipinski definition) is 1. The summed E-state index contributed by atoms with van der Waals surface area (Å²) in [5, 5.41) is 5.91. The number of nitrogens with zero attached hydrogens (tertiary/aromatic N) is 2. The molecule has 0 atom stereocenters. The number of furan rings is 1. The smallest absolute Gasteiger partial charge is 0.307 e. The van der Waals surface area contributed by atoms with Crippen molar-refractivity contribution in [3.8, 4) is 0 Å². The number of hydrazone groups is 1. The van der Waals surface area contributed by atoms with E-state index in [0.29, 0.717) is 0 Å². The molecule has 0 bridgehead atoms. The number of hydrogen-bond acceptors (Lipinski definition) is 5. The molecule has 0 unspecified atom stereocenters. The Bertz CT molecular complexity index is 1140. The highest BCUT2D eigenvalue weighted by molar-refractivity contribution is 7.99. The number of amides is 1. The van der Waals surface area contributed by atoms with Crippen molar-refractivity contribution < 1.29 is 9.21 Å². The summed E-state index contributed by atoms with van der Waals surface area (Å²) in [6.07, 6.45) is 3.05. The Kier molecular flexibility index (Phi) is 5.21. The summed E-state index contributed by atoms with van der Waals surface area (Å²) >= 11 is 1.56. The van der Waals surface area contributed by atoms with E-state index in [1.54, 1.807) is 30.1 Å². The Morgan fingerprint density at radius 2 is 1.93 bits per heavy atom. The fraction of sp³-hybridized carbons (Fsp3) is 0.0455. The van der Waals surface area contributed by atoms with E-state index >= 15 is 0 Å². The lowest BCUT2D eigenvalue weighted by Crippen LogP contribution is -2.16. The van der Waals surface area contributed by atoms with Crippen molar-refractivity contribution in [1.82, 2.24) is 10.4 Å². The van der Waals surface area contributed by atoms with Gasteiger partial charge in [-0.25, -0.2) is 10.4 Å². The van der Waals surface area contributed by atoms with Gasteiger partial charge in [-0.2, -0.15) is 5.10 Å². The summed E-state index contributed by atoms with van der Waals surface area (Å²) in [4.78, 5) is 17.8. The van der Waals surface area contributed by atoms with Crippen LogP contribution in [0.2, 0.25) is 0 Å². The molecule has 0 aliphatic carbocycles. The number of para-hydroxylation sites is 1. The Labute approximate surface area is 166 Å². The van der Waals surface area contributed by atoms with Crippen LogP contribution in [-0.2, 0) is 0 Å². The Morgan fingerprint density at radius 1 is 1.11 bits per heavy atom. The lowest BCUT2D eigenvalue weighted by Gasteiger charge is -2.08. The van der Waals surface area contributed by atoms with Gasteiger partial charge in [-0.15, -0.1) is 0 Å². The maximum absolute atomic E-state index is 12.0. The molecule has 28 heavy (non-hydrogen) atoms. The van der Waals surface area contributed by atoms with Crippen LogP contribution in [0, 0.1) is 6.92 Å². The highest BCUT2D eigenvalue weighted by Gasteiger charge is 2.09. The predicted molar refractivity (Wildman–Crippen MR) is 111 cm³/mol. The third-order valence-electron chi connectivity index (χ3n) is 4.07. The number of fused-ring (bicyclic) bond motifs is 1. The van der Waals surface area contributed by atoms with Crippen LogP contribution in [0.15, 0.2) is 92.4 Å². The monoisotopic (exact) mass is 387 g/mol. The SMILES string of the molecule is Cc1ccc(Sc2nc3ccccc3cc2/C=N/NC(=O)c2ccco2)cc1. The fourth-order valence-electron chi connectivity index (χ4n) is 2.63. The van der Waals surface area contributed by atoms with Crippen molar-refractivity contribution in [2.24, 2.45) is 5.10 Å². The molecule has 0 fully saturated rings. The van der Waals surface area contributed by atoms with Gasteiger partial charge in [0.25, 0.3) is 0 Å². The van der Waals surface area contributed by atoms with Crippen LogP contribution in [0.3, 0.4) is 0 Å². The third-order valence-corrected chi connectivity index (χ3v) is 5.10. The second kappa shape index (κ2) is 8.10. The minimum atomic E-state index is -0.400. The van der Waals surface area contributed by atoms with Gasteiger partial charge in [0, 0.05) is 15.8 Å². The molecule has 4 rings (SSSR count). The van der Waals surface area contributed by atoms with Crippen LogP contribution < -0.4 is 5.43 Å². The van der Waals surface area contributed by atoms with Crippen LogP contribution in [0.4, 0.5) is 0 Å². The van der Waals surface area contributed by atoms with Crippen molar-refractivity contribution >= 4 is 34.8 Å². The predicted octanol–water partition coefficient (Wildman–Crippen LogP) is 5.05. The number of pyridine rings is 1. The zero-order chi connectivity index (χ0) is 19.3. The second-order valence-corrected chi connectivity index (χ2v) is 7.23. The number of nitrogens with one attached hydrogen (secondary N) is 1. The Hall–Kier alpha value is -3.38. The number of carbonyl (C=O) groups is 1. The molecule has 6 heteroatoms. The molecule has 1 amide bonds. The molecule has 0 radical (unpaired) electrons. The summed E-state index contributed by atoms with van der Waals surface area (Å²) in [5.74, 6) is -0.189. The van der Waals surface area contributed by atoms with Crippen molar-refractivity contribution in [1.29, 1.82) is 0 Å². The van der Waals surface area contributed by atoms with E-state index < -0.39 is 5.91 Å². The molecule has 5 nitrogen and oxygen atoms in total. The van der Waals surface area contributed by atoms with Crippen molar-refractivity contribution in [2.45, 2.75) is 16.8 Å². The summed E-state index contributed by atoms with van der Waals surface area (Å²) in [5.41, 5.74) is 5.42. The van der Waals surface area contributed by atoms with Crippen LogP contribution in [-0.4, -0.2) is 17.1 Å². The van der Waals surface area contributed by atoms with Crippen LogP contribution >= 0.6 is 11.8 Å². The molecule has 2 aromatic carbocycles. The van der Waals surface area contributed by atoms with E-state index in [0.717, 1.165) is 26.4 Å². The Morgan fingerprint density at radius 3 is 2.71 bits per heavy atom. The molecule has 2 aromatic heterocycles. The summed E-state index contributed by atoms with van der Waals surface area (Å²) < 4.78 is 5.07. The first-order chi connectivity index (χ1) is 13.7. The molecule has 0 spiro atoms. The quantitative estimate of drug-likeness (QED) is 0.384. The number of aryl methyl sites for hydroxylation is 1. The summed E-state index contributed by atoms with van der Waals surface area (Å²) in [6, 6.07) is 21.4. The van der Waals surface area contributed by atoms with E-state index in [4.69, 9.17) is 9.40 Å². The number of rotatable bonds is 5. The maximum atomic E-state index is 12.0. The van der Waals surface area contributed by atoms with Gasteiger partial charge < -0.3 is 4.42 Å². The van der Waals surface area contributed by atoms with Crippen molar-refractivity contribution in [2.75, 3.05) is 0 Å². The molecule has 4 aromatic rings. The average molecular weight is 387 g/mol. The van der Waals surface area contributed by atoms with Crippen molar-refractivity contribution in [3.63, 3.8) is 0 Å². The van der Waals surface area contributed by atoms with E-state index in [2.05, 4.69) is 41.7 Å². The molecule has 0 saturated carbocycles. The minimum Gasteiger partial charge on any atom is -0.459 e. The minimum absolute atomic E-state index is 0.211. The fourth-order valence-corrected chi connectivity index (χ4v) is 3.50. The lowest BCUT2D eigenvalue weighted by molar-refractivity contribution is 0.0927. The van der Waals surface area contributed by atoms with E-state index in [1.807, 2.05) is 30.3 Å². The summed E-state index contributed by atoms with van der Waals surface area (Å²) in [6.45, 7) is 2.06. The normalized spacial score (nSPS) is 11.2. The van der Waals surface area contributed by atoms with Gasteiger partial charge in [-0.1, -0.05) is 47.7 Å². The first kappa shape index (κ1) is 18.0. The number of benzene rings is 2. The zero-order valence-electron chi connectivity index (χ0n) is 15.1. The van der Waals surface area contributed by atoms with Gasteiger partial charge in [-0.05, 0) is 43.3 Å². The highest BCUT2D eigenvalue weighted by Crippen LogP contribution is 2.30. The lowest BCUT2D eigenvalue weighted by atomic mass is 10.2. The van der Waals surface area contributed by atoms with E-state index in [-0.39, 0.29) is 5.76 Å². The van der Waals surface area contributed by atoms with E-state index in [9.17, 15) is 4.79 Å². The van der Waals surface area contributed by atoms with Crippen LogP contribution in [0.1, 0.15) is 21.7 Å². The first-order valence-corrected chi connectivity index (χ1v) is 9.52. The molecular formula is C22H17N3O2S. The largest absolute Gasteiger partial charge is 0.459 e. The number of aromatic nitrogens is 1. The molecule has 0 saturated heterocycles.